The second kappa shape index (κ2) is 4.23. The van der Waals surface area contributed by atoms with Crippen molar-refractivity contribution in [3.05, 3.63) is 23.4 Å². The lowest BCUT2D eigenvalue weighted by molar-refractivity contribution is -0.117. The third kappa shape index (κ3) is 2.55. The number of rotatable bonds is 2. The van der Waals surface area contributed by atoms with Gasteiger partial charge < -0.3 is 0 Å². The minimum Gasteiger partial charge on any atom is -0.295 e. The number of hydrogen-bond donors (Lipinski definition) is 0. The van der Waals surface area contributed by atoms with Gasteiger partial charge in [-0.2, -0.15) is 8.42 Å². The average Bonchev–Trinajstić information content (AvgIpc) is 2.60. The van der Waals surface area contributed by atoms with Gasteiger partial charge in [-0.3, -0.25) is 9.69 Å². The smallest absolute Gasteiger partial charge is 0.295 e. The molecule has 0 radical (unpaired) electrons. The molecule has 0 aliphatic carbocycles. The first-order valence-electron chi connectivity index (χ1n) is 4.73. The second-order valence-corrected chi connectivity index (χ2v) is 5.69. The van der Waals surface area contributed by atoms with Gasteiger partial charge in [0.05, 0.1) is 0 Å². The van der Waals surface area contributed by atoms with Gasteiger partial charge in [0, 0.05) is 24.2 Å². The molecule has 1 amide bonds. The molecule has 0 spiro atoms. The average molecular weight is 279 g/mol. The summed E-state index contributed by atoms with van der Waals surface area (Å²) >= 11 is 5.73. The molecule has 0 saturated carbocycles. The van der Waals surface area contributed by atoms with Crippen molar-refractivity contribution >= 4 is 33.5 Å². The molecule has 92 valence electrons. The van der Waals surface area contributed by atoms with E-state index >= 15 is 0 Å². The van der Waals surface area contributed by atoms with Crippen LogP contribution in [0.25, 0.3) is 0 Å². The molecule has 1 atom stereocenters. The number of anilines is 1. The van der Waals surface area contributed by atoms with E-state index in [1.165, 1.54) is 18.3 Å². The van der Waals surface area contributed by atoms with Crippen LogP contribution in [0.1, 0.15) is 6.42 Å². The summed E-state index contributed by atoms with van der Waals surface area (Å²) in [6, 6.07) is 2.95. The zero-order valence-electron chi connectivity index (χ0n) is 8.51. The standard InChI is InChI=1S/C9H8ClFN2O3S/c10-6-1-2-12-8(3-6)13-5-7(4-9(13)14)17(11,15)16/h1-3,7H,4-5H2. The summed E-state index contributed by atoms with van der Waals surface area (Å²) in [5.74, 6) is -0.250. The van der Waals surface area contributed by atoms with Crippen LogP contribution in [0.3, 0.4) is 0 Å². The lowest BCUT2D eigenvalue weighted by Crippen LogP contribution is -2.27. The maximum absolute atomic E-state index is 12.8. The Kier molecular flexibility index (Phi) is 3.05. The van der Waals surface area contributed by atoms with Gasteiger partial charge in [-0.15, -0.1) is 3.89 Å². The molecule has 0 N–H and O–H groups in total. The monoisotopic (exact) mass is 278 g/mol. The summed E-state index contributed by atoms with van der Waals surface area (Å²) < 4.78 is 34.2. The van der Waals surface area contributed by atoms with Crippen LogP contribution < -0.4 is 4.90 Å². The Bertz CT molecular complexity index is 563. The Morgan fingerprint density at radius 2 is 2.24 bits per heavy atom. The fraction of sp³-hybridized carbons (Fsp3) is 0.333. The van der Waals surface area contributed by atoms with Gasteiger partial charge in [-0.25, -0.2) is 4.98 Å². The van der Waals surface area contributed by atoms with E-state index in [0.29, 0.717) is 5.02 Å². The van der Waals surface area contributed by atoms with Crippen molar-refractivity contribution in [1.29, 1.82) is 0 Å². The predicted molar refractivity (Wildman–Crippen MR) is 60.0 cm³/mol. The topological polar surface area (TPSA) is 67.3 Å². The van der Waals surface area contributed by atoms with E-state index in [0.717, 1.165) is 4.90 Å². The highest BCUT2D eigenvalue weighted by molar-refractivity contribution is 7.87. The van der Waals surface area contributed by atoms with E-state index in [1.807, 2.05) is 0 Å². The number of pyridine rings is 1. The van der Waals surface area contributed by atoms with E-state index in [2.05, 4.69) is 4.98 Å². The van der Waals surface area contributed by atoms with Crippen LogP contribution in [0.15, 0.2) is 18.3 Å². The molecule has 0 aromatic carbocycles. The molecule has 1 aliphatic heterocycles. The summed E-state index contributed by atoms with van der Waals surface area (Å²) in [6.07, 6.45) is 1.02. The van der Waals surface area contributed by atoms with E-state index < -0.39 is 21.4 Å². The molecule has 1 unspecified atom stereocenters. The highest BCUT2D eigenvalue weighted by atomic mass is 35.5. The molecule has 1 saturated heterocycles. The van der Waals surface area contributed by atoms with Crippen LogP contribution in [0.4, 0.5) is 9.70 Å². The Morgan fingerprint density at radius 1 is 1.53 bits per heavy atom. The molecule has 0 bridgehead atoms. The van der Waals surface area contributed by atoms with Crippen LogP contribution >= 0.6 is 11.6 Å². The number of halogens is 2. The Morgan fingerprint density at radius 3 is 2.76 bits per heavy atom. The molecule has 1 aliphatic rings. The summed E-state index contributed by atoms with van der Waals surface area (Å²) in [7, 11) is -4.71. The summed E-state index contributed by atoms with van der Waals surface area (Å²) in [5, 5.41) is -0.954. The third-order valence-electron chi connectivity index (χ3n) is 2.47. The van der Waals surface area contributed by atoms with Crippen molar-refractivity contribution in [3.8, 4) is 0 Å². The fourth-order valence-electron chi connectivity index (χ4n) is 1.63. The van der Waals surface area contributed by atoms with Crippen LogP contribution in [-0.4, -0.2) is 31.1 Å². The van der Waals surface area contributed by atoms with Gasteiger partial charge in [0.2, 0.25) is 5.91 Å². The molecule has 17 heavy (non-hydrogen) atoms. The lowest BCUT2D eigenvalue weighted by atomic mass is 10.4. The first kappa shape index (κ1) is 12.3. The van der Waals surface area contributed by atoms with Gasteiger partial charge in [0.1, 0.15) is 11.1 Å². The largest absolute Gasteiger partial charge is 0.307 e. The number of amides is 1. The Labute approximate surface area is 102 Å². The van der Waals surface area contributed by atoms with E-state index in [-0.39, 0.29) is 18.8 Å². The number of carbonyl (C=O) groups excluding carboxylic acids is 1. The minimum absolute atomic E-state index is 0.230. The first-order chi connectivity index (χ1) is 7.88. The molecule has 5 nitrogen and oxygen atoms in total. The summed E-state index contributed by atoms with van der Waals surface area (Å²) in [5.41, 5.74) is 0. The number of nitrogens with zero attached hydrogens (tertiary/aromatic N) is 2. The van der Waals surface area contributed by atoms with E-state index in [1.54, 1.807) is 0 Å². The normalized spacial score (nSPS) is 20.9. The van der Waals surface area contributed by atoms with Gasteiger partial charge in [-0.05, 0) is 12.1 Å². The van der Waals surface area contributed by atoms with Crippen molar-refractivity contribution in [2.75, 3.05) is 11.4 Å². The lowest BCUT2D eigenvalue weighted by Gasteiger charge is -2.14. The molecule has 1 fully saturated rings. The van der Waals surface area contributed by atoms with Crippen LogP contribution in [-0.2, 0) is 15.0 Å². The third-order valence-corrected chi connectivity index (χ3v) is 3.82. The van der Waals surface area contributed by atoms with E-state index in [9.17, 15) is 17.1 Å². The van der Waals surface area contributed by atoms with Gasteiger partial charge >= 0.3 is 10.2 Å². The summed E-state index contributed by atoms with van der Waals surface area (Å²) in [4.78, 5) is 16.6. The SMILES string of the molecule is O=C1CC(S(=O)(=O)F)CN1c1cc(Cl)ccn1. The quantitative estimate of drug-likeness (QED) is 0.761. The highest BCUT2D eigenvalue weighted by Gasteiger charge is 2.39. The first-order valence-corrected chi connectivity index (χ1v) is 6.56. The van der Waals surface area contributed by atoms with Gasteiger partial charge in [-0.1, -0.05) is 11.6 Å². The molecule has 2 rings (SSSR count). The Balaban J connectivity index is 2.28. The minimum atomic E-state index is -4.71. The predicted octanol–water partition coefficient (Wildman–Crippen LogP) is 1.14. The molecule has 1 aromatic rings. The number of aromatic nitrogens is 1. The van der Waals surface area contributed by atoms with Gasteiger partial charge in [0.25, 0.3) is 0 Å². The molecule has 2 heterocycles. The molecular formula is C9H8ClFN2O3S. The van der Waals surface area contributed by atoms with Crippen molar-refractivity contribution in [2.45, 2.75) is 11.7 Å². The zero-order chi connectivity index (χ0) is 12.6. The van der Waals surface area contributed by atoms with Crippen LogP contribution in [0, 0.1) is 0 Å². The Hall–Kier alpha value is -1.21. The maximum atomic E-state index is 12.8. The second-order valence-electron chi connectivity index (χ2n) is 3.64. The molecule has 1 aromatic heterocycles. The molecule has 8 heteroatoms. The highest BCUT2D eigenvalue weighted by Crippen LogP contribution is 2.25. The van der Waals surface area contributed by atoms with E-state index in [4.69, 9.17) is 11.6 Å². The molecular weight excluding hydrogens is 271 g/mol. The number of hydrogen-bond acceptors (Lipinski definition) is 4. The van der Waals surface area contributed by atoms with Crippen molar-refractivity contribution in [2.24, 2.45) is 0 Å². The van der Waals surface area contributed by atoms with Gasteiger partial charge in [0.15, 0.2) is 0 Å². The van der Waals surface area contributed by atoms with Crippen molar-refractivity contribution < 1.29 is 17.1 Å². The number of carbonyl (C=O) groups is 1. The van der Waals surface area contributed by atoms with Crippen molar-refractivity contribution in [3.63, 3.8) is 0 Å². The summed E-state index contributed by atoms with van der Waals surface area (Å²) in [6.45, 7) is -0.231. The van der Waals surface area contributed by atoms with Crippen LogP contribution in [0.2, 0.25) is 5.02 Å². The zero-order valence-corrected chi connectivity index (χ0v) is 10.1. The fourth-order valence-corrected chi connectivity index (χ4v) is 2.45. The maximum Gasteiger partial charge on any atom is 0.307 e. The van der Waals surface area contributed by atoms with Crippen LogP contribution in [0.5, 0.6) is 0 Å². The van der Waals surface area contributed by atoms with Crippen molar-refractivity contribution in [1.82, 2.24) is 4.98 Å².